The summed E-state index contributed by atoms with van der Waals surface area (Å²) in [4.78, 5) is 12.6. The molecule has 1 aliphatic heterocycles. The zero-order chi connectivity index (χ0) is 21.4. The SMILES string of the molecule is COc1cccc(CNc2nc(Cl)nc3c2ncn3C2O[C@H](CO)[C@@H](O)[C@H]2O)c1O. The molecular weight excluding hydrogens is 418 g/mol. The van der Waals surface area contributed by atoms with Crippen LogP contribution in [0.15, 0.2) is 24.5 Å². The largest absolute Gasteiger partial charge is 0.504 e. The third-order valence-electron chi connectivity index (χ3n) is 4.93. The van der Waals surface area contributed by atoms with Gasteiger partial charge in [0.2, 0.25) is 5.28 Å². The van der Waals surface area contributed by atoms with Crippen molar-refractivity contribution in [3.05, 3.63) is 35.4 Å². The highest BCUT2D eigenvalue weighted by molar-refractivity contribution is 6.28. The van der Waals surface area contributed by atoms with Gasteiger partial charge in [-0.25, -0.2) is 4.98 Å². The quantitative estimate of drug-likeness (QED) is 0.342. The van der Waals surface area contributed by atoms with Gasteiger partial charge in [0.25, 0.3) is 0 Å². The Morgan fingerprint density at radius 3 is 2.77 bits per heavy atom. The zero-order valence-corrected chi connectivity index (χ0v) is 16.6. The predicted octanol–water partition coefficient (Wildman–Crippen LogP) is 0.417. The lowest BCUT2D eigenvalue weighted by atomic mass is 10.1. The van der Waals surface area contributed by atoms with Gasteiger partial charge in [-0.1, -0.05) is 12.1 Å². The Kier molecular flexibility index (Phi) is 5.62. The molecule has 160 valence electrons. The highest BCUT2D eigenvalue weighted by atomic mass is 35.5. The van der Waals surface area contributed by atoms with E-state index in [9.17, 15) is 20.4 Å². The average molecular weight is 438 g/mol. The number of imidazole rings is 1. The number of aromatic hydroxyl groups is 1. The molecule has 4 atom stereocenters. The second-order valence-corrected chi connectivity index (χ2v) is 7.05. The maximum atomic E-state index is 10.3. The van der Waals surface area contributed by atoms with Crippen molar-refractivity contribution in [2.75, 3.05) is 19.0 Å². The molecule has 30 heavy (non-hydrogen) atoms. The van der Waals surface area contributed by atoms with Crippen LogP contribution in [0.25, 0.3) is 11.2 Å². The van der Waals surface area contributed by atoms with Gasteiger partial charge in [0.05, 0.1) is 20.0 Å². The molecule has 3 heterocycles. The molecule has 0 saturated carbocycles. The minimum absolute atomic E-state index is 0.000868. The summed E-state index contributed by atoms with van der Waals surface area (Å²) in [6.45, 7) is -0.250. The first-order chi connectivity index (χ1) is 14.4. The number of phenols is 1. The summed E-state index contributed by atoms with van der Waals surface area (Å²) in [7, 11) is 1.46. The minimum atomic E-state index is -1.29. The standard InChI is InChI=1S/C18H20ClN5O6/c1-29-9-4-2-3-8(12(9)26)5-20-15-11-16(23-18(19)22-15)24(7-21-11)17-14(28)13(27)10(6-25)30-17/h2-4,7,10,13-14,17,25-28H,5-6H2,1H3,(H,20,22,23)/t10-,13-,14-,17?/m1/s1. The molecular formula is C18H20ClN5O6. The Morgan fingerprint density at radius 2 is 2.07 bits per heavy atom. The van der Waals surface area contributed by atoms with Crippen molar-refractivity contribution in [2.45, 2.75) is 31.1 Å². The summed E-state index contributed by atoms with van der Waals surface area (Å²) >= 11 is 6.08. The maximum absolute atomic E-state index is 10.3. The van der Waals surface area contributed by atoms with Crippen molar-refractivity contribution in [1.29, 1.82) is 0 Å². The van der Waals surface area contributed by atoms with E-state index in [1.54, 1.807) is 18.2 Å². The van der Waals surface area contributed by atoms with Gasteiger partial charge in [-0.2, -0.15) is 9.97 Å². The molecule has 4 rings (SSSR count). The number of hydrogen-bond donors (Lipinski definition) is 5. The summed E-state index contributed by atoms with van der Waals surface area (Å²) in [5.74, 6) is 0.646. The molecule has 12 heteroatoms. The lowest BCUT2D eigenvalue weighted by Gasteiger charge is -2.16. The Labute approximate surface area is 175 Å². The van der Waals surface area contributed by atoms with Crippen LogP contribution in [0.5, 0.6) is 11.5 Å². The molecule has 5 N–H and O–H groups in total. The molecule has 3 aromatic rings. The van der Waals surface area contributed by atoms with Crippen molar-refractivity contribution < 1.29 is 29.9 Å². The lowest BCUT2D eigenvalue weighted by molar-refractivity contribution is -0.0511. The van der Waals surface area contributed by atoms with E-state index in [1.165, 1.54) is 18.0 Å². The highest BCUT2D eigenvalue weighted by Gasteiger charge is 2.44. The number of aromatic nitrogens is 4. The fourth-order valence-corrected chi connectivity index (χ4v) is 3.53. The van der Waals surface area contributed by atoms with Crippen molar-refractivity contribution in [3.8, 4) is 11.5 Å². The smallest absolute Gasteiger partial charge is 0.226 e. The van der Waals surface area contributed by atoms with Gasteiger partial charge < -0.3 is 35.2 Å². The first-order valence-electron chi connectivity index (χ1n) is 9.05. The van der Waals surface area contributed by atoms with Gasteiger partial charge >= 0.3 is 0 Å². The summed E-state index contributed by atoms with van der Waals surface area (Å²) in [6, 6.07) is 5.11. The summed E-state index contributed by atoms with van der Waals surface area (Å²) in [6.07, 6.45) is -3.12. The number of phenolic OH excluding ortho intramolecular Hbond substituents is 1. The van der Waals surface area contributed by atoms with Crippen LogP contribution in [0, 0.1) is 0 Å². The normalized spacial score (nSPS) is 23.8. The fraction of sp³-hybridized carbons (Fsp3) is 0.389. The van der Waals surface area contributed by atoms with Crippen molar-refractivity contribution in [2.24, 2.45) is 0 Å². The van der Waals surface area contributed by atoms with E-state index in [0.29, 0.717) is 22.6 Å². The summed E-state index contributed by atoms with van der Waals surface area (Å²) < 4.78 is 12.1. The number of para-hydroxylation sites is 1. The van der Waals surface area contributed by atoms with E-state index in [4.69, 9.17) is 21.1 Å². The second kappa shape index (κ2) is 8.20. The molecule has 1 aliphatic rings. The highest BCUT2D eigenvalue weighted by Crippen LogP contribution is 2.33. The lowest BCUT2D eigenvalue weighted by Crippen LogP contribution is -2.33. The maximum Gasteiger partial charge on any atom is 0.226 e. The van der Waals surface area contributed by atoms with Gasteiger partial charge in [0.15, 0.2) is 34.7 Å². The van der Waals surface area contributed by atoms with Crippen LogP contribution in [0.2, 0.25) is 5.28 Å². The Hall–Kier alpha value is -2.70. The molecule has 1 saturated heterocycles. The molecule has 0 spiro atoms. The van der Waals surface area contributed by atoms with Gasteiger partial charge in [0.1, 0.15) is 18.3 Å². The third-order valence-corrected chi connectivity index (χ3v) is 5.10. The molecule has 0 amide bonds. The van der Waals surface area contributed by atoms with Crippen molar-refractivity contribution >= 4 is 28.6 Å². The molecule has 1 fully saturated rings. The molecule has 2 aromatic heterocycles. The van der Waals surface area contributed by atoms with E-state index in [0.717, 1.165) is 0 Å². The number of nitrogens with one attached hydrogen (secondary N) is 1. The van der Waals surface area contributed by atoms with Crippen LogP contribution in [-0.2, 0) is 11.3 Å². The van der Waals surface area contributed by atoms with E-state index < -0.39 is 31.1 Å². The Balaban J connectivity index is 1.65. The van der Waals surface area contributed by atoms with Crippen molar-refractivity contribution in [1.82, 2.24) is 19.5 Å². The van der Waals surface area contributed by atoms with Crippen LogP contribution in [-0.4, -0.2) is 72.0 Å². The number of methoxy groups -OCH3 is 1. The number of nitrogens with zero attached hydrogens (tertiary/aromatic N) is 4. The van der Waals surface area contributed by atoms with Gasteiger partial charge in [0, 0.05) is 12.1 Å². The third kappa shape index (κ3) is 3.50. The van der Waals surface area contributed by atoms with Gasteiger partial charge in [-0.15, -0.1) is 0 Å². The number of ether oxygens (including phenoxy) is 2. The number of anilines is 1. The molecule has 1 unspecified atom stereocenters. The van der Waals surface area contributed by atoms with Gasteiger partial charge in [-0.3, -0.25) is 4.57 Å². The topological polar surface area (TPSA) is 155 Å². The van der Waals surface area contributed by atoms with Gasteiger partial charge in [-0.05, 0) is 17.7 Å². The zero-order valence-electron chi connectivity index (χ0n) is 15.8. The number of hydrogen-bond acceptors (Lipinski definition) is 10. The predicted molar refractivity (Wildman–Crippen MR) is 105 cm³/mol. The van der Waals surface area contributed by atoms with Crippen LogP contribution >= 0.6 is 11.6 Å². The van der Waals surface area contributed by atoms with Crippen LogP contribution < -0.4 is 10.1 Å². The molecule has 11 nitrogen and oxygen atoms in total. The number of aliphatic hydroxyl groups is 3. The van der Waals surface area contributed by atoms with Crippen LogP contribution in [0.3, 0.4) is 0 Å². The number of benzene rings is 1. The molecule has 1 aromatic carbocycles. The van der Waals surface area contributed by atoms with Crippen molar-refractivity contribution in [3.63, 3.8) is 0 Å². The number of halogens is 1. The first kappa shape index (κ1) is 20.6. The molecule has 0 aliphatic carbocycles. The number of fused-ring (bicyclic) bond motifs is 1. The number of aliphatic hydroxyl groups excluding tert-OH is 3. The summed E-state index contributed by atoms with van der Waals surface area (Å²) in [5, 5.41) is 42.8. The van der Waals surface area contributed by atoms with E-state index in [1.807, 2.05) is 0 Å². The molecule has 0 radical (unpaired) electrons. The minimum Gasteiger partial charge on any atom is -0.504 e. The van der Waals surface area contributed by atoms with E-state index >= 15 is 0 Å². The number of rotatable bonds is 6. The monoisotopic (exact) mass is 437 g/mol. The molecule has 0 bridgehead atoms. The van der Waals surface area contributed by atoms with E-state index in [2.05, 4.69) is 20.3 Å². The van der Waals surface area contributed by atoms with Crippen LogP contribution in [0.1, 0.15) is 11.8 Å². The van der Waals surface area contributed by atoms with E-state index in [-0.39, 0.29) is 23.2 Å². The Bertz CT molecular complexity index is 1060. The Morgan fingerprint density at radius 1 is 1.27 bits per heavy atom. The summed E-state index contributed by atoms with van der Waals surface area (Å²) in [5.41, 5.74) is 1.18. The second-order valence-electron chi connectivity index (χ2n) is 6.72. The average Bonchev–Trinajstić information content (AvgIpc) is 3.28. The first-order valence-corrected chi connectivity index (χ1v) is 9.43. The van der Waals surface area contributed by atoms with Crippen LogP contribution in [0.4, 0.5) is 5.82 Å². The fourth-order valence-electron chi connectivity index (χ4n) is 3.36.